The van der Waals surface area contributed by atoms with E-state index in [1.54, 1.807) is 6.20 Å². The zero-order valence-electron chi connectivity index (χ0n) is 28.8. The van der Waals surface area contributed by atoms with Crippen molar-refractivity contribution in [2.75, 3.05) is 0 Å². The highest BCUT2D eigenvalue weighted by molar-refractivity contribution is 6.17. The van der Waals surface area contributed by atoms with Gasteiger partial charge in [-0.15, -0.1) is 0 Å². The Balaban J connectivity index is 1.03. The van der Waals surface area contributed by atoms with Gasteiger partial charge in [-0.05, 0) is 81.2 Å². The molecule has 0 fully saturated rings. The van der Waals surface area contributed by atoms with Crippen LogP contribution in [0.1, 0.15) is 0 Å². The fourth-order valence-corrected chi connectivity index (χ4v) is 7.42. The summed E-state index contributed by atoms with van der Waals surface area (Å²) < 4.78 is 2.13. The van der Waals surface area contributed by atoms with Gasteiger partial charge in [0.2, 0.25) is 0 Å². The second-order valence-electron chi connectivity index (χ2n) is 13.3. The molecule has 3 heterocycles. The van der Waals surface area contributed by atoms with E-state index in [4.69, 9.17) is 10.1 Å². The van der Waals surface area contributed by atoms with Gasteiger partial charge in [-0.25, -0.2) is 9.67 Å². The number of hydrogen-bond acceptors (Lipinski definition) is 3. The van der Waals surface area contributed by atoms with Crippen LogP contribution in [0.4, 0.5) is 0 Å². The first-order chi connectivity index (χ1) is 26.3. The molecular formula is C49H32N4. The van der Waals surface area contributed by atoms with Crippen LogP contribution in [0.2, 0.25) is 0 Å². The first kappa shape index (κ1) is 30.6. The molecule has 0 bridgehead atoms. The fourth-order valence-electron chi connectivity index (χ4n) is 7.42. The van der Waals surface area contributed by atoms with Crippen LogP contribution in [0.3, 0.4) is 0 Å². The Morgan fingerprint density at radius 1 is 0.415 bits per heavy atom. The average Bonchev–Trinajstić information content (AvgIpc) is 3.65. The van der Waals surface area contributed by atoms with E-state index in [1.165, 1.54) is 21.9 Å². The number of hydrogen-bond donors (Lipinski definition) is 0. The van der Waals surface area contributed by atoms with Crippen molar-refractivity contribution in [2.24, 2.45) is 0 Å². The first-order valence-corrected chi connectivity index (χ1v) is 17.9. The van der Waals surface area contributed by atoms with E-state index >= 15 is 0 Å². The molecule has 10 aromatic rings. The van der Waals surface area contributed by atoms with Crippen molar-refractivity contribution in [2.45, 2.75) is 0 Å². The fraction of sp³-hybridized carbons (Fsp3) is 0. The Morgan fingerprint density at radius 2 is 1.04 bits per heavy atom. The van der Waals surface area contributed by atoms with Crippen LogP contribution in [-0.2, 0) is 0 Å². The average molecular weight is 677 g/mol. The van der Waals surface area contributed by atoms with Crippen molar-refractivity contribution in [3.63, 3.8) is 0 Å². The van der Waals surface area contributed by atoms with Crippen LogP contribution in [-0.4, -0.2) is 19.7 Å². The van der Waals surface area contributed by atoms with Gasteiger partial charge in [0, 0.05) is 27.9 Å². The van der Waals surface area contributed by atoms with Gasteiger partial charge >= 0.3 is 0 Å². The van der Waals surface area contributed by atoms with Crippen molar-refractivity contribution in [1.82, 2.24) is 19.7 Å². The Hall–Kier alpha value is -7.17. The molecule has 0 spiro atoms. The van der Waals surface area contributed by atoms with Crippen molar-refractivity contribution in [1.29, 1.82) is 0 Å². The number of nitrogens with zero attached hydrogens (tertiary/aromatic N) is 4. The van der Waals surface area contributed by atoms with Crippen LogP contribution in [0.5, 0.6) is 0 Å². The molecule has 0 N–H and O–H groups in total. The zero-order valence-corrected chi connectivity index (χ0v) is 28.8. The first-order valence-electron chi connectivity index (χ1n) is 17.9. The van der Waals surface area contributed by atoms with Gasteiger partial charge in [-0.3, -0.25) is 4.98 Å². The highest BCUT2D eigenvalue weighted by Crippen LogP contribution is 2.41. The lowest BCUT2D eigenvalue weighted by Gasteiger charge is -2.11. The maximum Gasteiger partial charge on any atom is 0.101 e. The SMILES string of the molecule is c1ccc(-c2cc3ccccc3c3c2c(-c2ccccc2)nn3-c2ccc(-c3ccc(-c4ccc5ccc(-c6ccccn6)nc5c4)cc3)cc2)cc1. The number of pyridine rings is 2. The Kier molecular flexibility index (Phi) is 7.43. The summed E-state index contributed by atoms with van der Waals surface area (Å²) in [6, 6.07) is 66.2. The minimum atomic E-state index is 0.873. The highest BCUT2D eigenvalue weighted by Gasteiger charge is 2.21. The summed E-state index contributed by atoms with van der Waals surface area (Å²) in [5, 5.41) is 9.98. The molecule has 0 unspecified atom stereocenters. The van der Waals surface area contributed by atoms with Crippen LogP contribution in [0.15, 0.2) is 194 Å². The van der Waals surface area contributed by atoms with Gasteiger partial charge in [0.05, 0.1) is 28.1 Å². The second-order valence-corrected chi connectivity index (χ2v) is 13.3. The third kappa shape index (κ3) is 5.54. The predicted octanol–water partition coefficient (Wildman–Crippen LogP) is 12.5. The molecular weight excluding hydrogens is 645 g/mol. The van der Waals surface area contributed by atoms with Crippen molar-refractivity contribution in [3.8, 4) is 61.7 Å². The van der Waals surface area contributed by atoms with Crippen LogP contribution in [0, 0.1) is 0 Å². The van der Waals surface area contributed by atoms with Crippen LogP contribution < -0.4 is 0 Å². The molecule has 4 heteroatoms. The van der Waals surface area contributed by atoms with Gasteiger partial charge in [0.1, 0.15) is 5.69 Å². The Labute approximate surface area is 307 Å². The second kappa shape index (κ2) is 12.9. The minimum absolute atomic E-state index is 0.873. The van der Waals surface area contributed by atoms with Gasteiger partial charge in [0.15, 0.2) is 0 Å². The normalized spacial score (nSPS) is 11.4. The van der Waals surface area contributed by atoms with Crippen molar-refractivity contribution < 1.29 is 0 Å². The summed E-state index contributed by atoms with van der Waals surface area (Å²) in [5.74, 6) is 0. The van der Waals surface area contributed by atoms with Crippen molar-refractivity contribution >= 4 is 32.6 Å². The molecule has 4 nitrogen and oxygen atoms in total. The maximum atomic E-state index is 5.37. The van der Waals surface area contributed by atoms with Gasteiger partial charge in [-0.1, -0.05) is 146 Å². The summed E-state index contributed by atoms with van der Waals surface area (Å²) >= 11 is 0. The topological polar surface area (TPSA) is 43.6 Å². The molecule has 0 saturated heterocycles. The number of benzene rings is 7. The number of aromatic nitrogens is 4. The summed E-state index contributed by atoms with van der Waals surface area (Å²) in [6.45, 7) is 0. The molecule has 53 heavy (non-hydrogen) atoms. The maximum absolute atomic E-state index is 5.37. The predicted molar refractivity (Wildman–Crippen MR) is 219 cm³/mol. The Bertz CT molecular complexity index is 2900. The Morgan fingerprint density at radius 3 is 1.77 bits per heavy atom. The van der Waals surface area contributed by atoms with Crippen LogP contribution in [0.25, 0.3) is 94.3 Å². The molecule has 7 aromatic carbocycles. The summed E-state index contributed by atoms with van der Waals surface area (Å²) in [4.78, 5) is 9.42. The zero-order chi connectivity index (χ0) is 35.1. The van der Waals surface area contributed by atoms with E-state index in [0.717, 1.165) is 72.4 Å². The molecule has 0 saturated carbocycles. The number of rotatable bonds is 6. The van der Waals surface area contributed by atoms with E-state index in [-0.39, 0.29) is 0 Å². The third-order valence-electron chi connectivity index (χ3n) is 10.1. The summed E-state index contributed by atoms with van der Waals surface area (Å²) in [6.07, 6.45) is 1.80. The van der Waals surface area contributed by atoms with E-state index < -0.39 is 0 Å². The monoisotopic (exact) mass is 676 g/mol. The number of fused-ring (bicyclic) bond motifs is 4. The van der Waals surface area contributed by atoms with E-state index in [9.17, 15) is 0 Å². The van der Waals surface area contributed by atoms with Crippen molar-refractivity contribution in [3.05, 3.63) is 194 Å². The largest absolute Gasteiger partial charge is 0.255 e. The van der Waals surface area contributed by atoms with Gasteiger partial charge < -0.3 is 0 Å². The molecule has 0 aliphatic rings. The minimum Gasteiger partial charge on any atom is -0.255 e. The lowest BCUT2D eigenvalue weighted by Crippen LogP contribution is -1.97. The molecule has 248 valence electrons. The lowest BCUT2D eigenvalue weighted by molar-refractivity contribution is 0.918. The molecule has 3 aromatic heterocycles. The summed E-state index contributed by atoms with van der Waals surface area (Å²) in [5.41, 5.74) is 13.8. The molecule has 0 atom stereocenters. The molecule has 0 aliphatic heterocycles. The molecule has 10 rings (SSSR count). The smallest absolute Gasteiger partial charge is 0.101 e. The molecule has 0 amide bonds. The quantitative estimate of drug-likeness (QED) is 0.176. The van der Waals surface area contributed by atoms with Gasteiger partial charge in [-0.2, -0.15) is 5.10 Å². The third-order valence-corrected chi connectivity index (χ3v) is 10.1. The molecule has 0 radical (unpaired) electrons. The van der Waals surface area contributed by atoms with E-state index in [0.29, 0.717) is 0 Å². The standard InChI is InChI=1S/C49H32N4/c1-3-11-36(12-4-1)43-31-40-15-7-8-16-42(40)49-47(43)48(38-13-5-2-6-14-38)52-53(49)41-27-24-34(25-28-41)33-18-20-35(21-19-33)39-23-22-37-26-29-45(51-46(37)32-39)44-17-9-10-30-50-44/h1-32H. The lowest BCUT2D eigenvalue weighted by atomic mass is 9.94. The van der Waals surface area contributed by atoms with Crippen LogP contribution >= 0.6 is 0 Å². The van der Waals surface area contributed by atoms with E-state index in [2.05, 4.69) is 173 Å². The summed E-state index contributed by atoms with van der Waals surface area (Å²) in [7, 11) is 0. The molecule has 0 aliphatic carbocycles. The van der Waals surface area contributed by atoms with E-state index in [1.807, 2.05) is 24.3 Å². The van der Waals surface area contributed by atoms with Gasteiger partial charge in [0.25, 0.3) is 0 Å². The highest BCUT2D eigenvalue weighted by atomic mass is 15.3.